The van der Waals surface area contributed by atoms with E-state index >= 15 is 0 Å². The van der Waals surface area contributed by atoms with E-state index in [-0.39, 0.29) is 11.9 Å². The van der Waals surface area contributed by atoms with Crippen LogP contribution in [0.4, 0.5) is 0 Å². The van der Waals surface area contributed by atoms with Crippen LogP contribution in [0.5, 0.6) is 0 Å². The minimum absolute atomic E-state index is 0.0261. The molecule has 2 aliphatic heterocycles. The summed E-state index contributed by atoms with van der Waals surface area (Å²) in [7, 11) is 1.87. The van der Waals surface area contributed by atoms with Crippen molar-refractivity contribution in [1.82, 2.24) is 15.1 Å². The molecule has 0 radical (unpaired) electrons. The third-order valence-corrected chi connectivity index (χ3v) is 6.59. The van der Waals surface area contributed by atoms with Crippen molar-refractivity contribution in [3.8, 4) is 0 Å². The van der Waals surface area contributed by atoms with Crippen LogP contribution in [0.3, 0.4) is 0 Å². The lowest BCUT2D eigenvalue weighted by Crippen LogP contribution is -2.39. The Hall–Kier alpha value is -3.11. The molecule has 2 aromatic rings. The van der Waals surface area contributed by atoms with Crippen LogP contribution in [-0.2, 0) is 13.1 Å². The topological polar surface area (TPSA) is 35.6 Å². The van der Waals surface area contributed by atoms with E-state index in [1.165, 1.54) is 16.7 Å². The molecule has 4 rings (SSSR count). The van der Waals surface area contributed by atoms with Crippen LogP contribution < -0.4 is 5.32 Å². The van der Waals surface area contributed by atoms with Crippen LogP contribution in [-0.4, -0.2) is 41.9 Å². The predicted molar refractivity (Wildman–Crippen MR) is 132 cm³/mol. The lowest BCUT2D eigenvalue weighted by Gasteiger charge is -2.29. The van der Waals surface area contributed by atoms with Crippen LogP contribution in [0.2, 0.25) is 0 Å². The number of hydrogen-bond acceptors (Lipinski definition) is 3. The number of allylic oxidation sites excluding steroid dienone is 1. The molecule has 2 aliphatic rings. The number of hydrogen-bond donors (Lipinski definition) is 1. The maximum Gasteiger partial charge on any atom is 0.255 e. The number of rotatable bonds is 9. The van der Waals surface area contributed by atoms with Crippen molar-refractivity contribution in [2.75, 3.05) is 20.1 Å². The van der Waals surface area contributed by atoms with Crippen molar-refractivity contribution in [2.24, 2.45) is 0 Å². The molecule has 2 aromatic carbocycles. The SMILES string of the molecule is C=CCCC(C(=C)NC)N1Cc2cc(C3=CCN(Cc4ccccc4)CC3)ccc2C1=O. The van der Waals surface area contributed by atoms with Gasteiger partial charge in [0.25, 0.3) is 5.91 Å². The second-order valence-electron chi connectivity index (χ2n) is 8.66. The van der Waals surface area contributed by atoms with E-state index < -0.39 is 0 Å². The van der Waals surface area contributed by atoms with Gasteiger partial charge in [-0.25, -0.2) is 0 Å². The largest absolute Gasteiger partial charge is 0.390 e. The van der Waals surface area contributed by atoms with Gasteiger partial charge in [0.15, 0.2) is 0 Å². The van der Waals surface area contributed by atoms with Gasteiger partial charge in [0.1, 0.15) is 0 Å². The van der Waals surface area contributed by atoms with E-state index in [1.54, 1.807) is 0 Å². The molecule has 4 heteroatoms. The van der Waals surface area contributed by atoms with Gasteiger partial charge in [-0.15, -0.1) is 6.58 Å². The number of nitrogens with one attached hydrogen (secondary N) is 1. The smallest absolute Gasteiger partial charge is 0.255 e. The third kappa shape index (κ3) is 4.71. The van der Waals surface area contributed by atoms with Gasteiger partial charge in [0.2, 0.25) is 0 Å². The molecule has 0 saturated carbocycles. The van der Waals surface area contributed by atoms with Crippen molar-refractivity contribution in [2.45, 2.75) is 38.4 Å². The summed E-state index contributed by atoms with van der Waals surface area (Å²) in [4.78, 5) is 17.6. The Kier molecular flexibility index (Phi) is 6.91. The highest BCUT2D eigenvalue weighted by molar-refractivity contribution is 5.99. The summed E-state index contributed by atoms with van der Waals surface area (Å²) in [6, 6.07) is 17.0. The molecule has 0 saturated heterocycles. The summed E-state index contributed by atoms with van der Waals surface area (Å²) in [5.74, 6) is 0.101. The van der Waals surface area contributed by atoms with Crippen molar-refractivity contribution in [3.63, 3.8) is 0 Å². The molecule has 0 aliphatic carbocycles. The highest BCUT2D eigenvalue weighted by Gasteiger charge is 2.33. The van der Waals surface area contributed by atoms with Crippen molar-refractivity contribution < 1.29 is 4.79 Å². The van der Waals surface area contributed by atoms with Crippen molar-refractivity contribution in [1.29, 1.82) is 0 Å². The zero-order chi connectivity index (χ0) is 22.5. The molecule has 0 fully saturated rings. The number of fused-ring (bicyclic) bond motifs is 1. The van der Waals surface area contributed by atoms with Gasteiger partial charge in [0.05, 0.1) is 6.04 Å². The summed E-state index contributed by atoms with van der Waals surface area (Å²) in [5.41, 5.74) is 6.80. The van der Waals surface area contributed by atoms with Crippen molar-refractivity contribution >= 4 is 11.5 Å². The Labute approximate surface area is 191 Å². The van der Waals surface area contributed by atoms with E-state index in [2.05, 4.69) is 71.9 Å². The van der Waals surface area contributed by atoms with E-state index in [4.69, 9.17) is 0 Å². The first-order valence-corrected chi connectivity index (χ1v) is 11.5. The molecule has 4 nitrogen and oxygen atoms in total. The monoisotopic (exact) mass is 427 g/mol. The van der Waals surface area contributed by atoms with Gasteiger partial charge in [-0.3, -0.25) is 9.69 Å². The second kappa shape index (κ2) is 10.0. The lowest BCUT2D eigenvalue weighted by molar-refractivity contribution is 0.0719. The van der Waals surface area contributed by atoms with Crippen LogP contribution in [0.25, 0.3) is 5.57 Å². The molecule has 0 aromatic heterocycles. The maximum atomic E-state index is 13.1. The zero-order valence-electron chi connectivity index (χ0n) is 19.0. The summed E-state index contributed by atoms with van der Waals surface area (Å²) in [6.07, 6.45) is 6.96. The molecular formula is C28H33N3O. The van der Waals surface area contributed by atoms with Crippen LogP contribution in [0.15, 0.2) is 79.5 Å². The Bertz CT molecular complexity index is 1020. The van der Waals surface area contributed by atoms with E-state index in [9.17, 15) is 4.79 Å². The molecule has 166 valence electrons. The molecule has 1 amide bonds. The van der Waals surface area contributed by atoms with E-state index in [1.807, 2.05) is 24.1 Å². The first-order chi connectivity index (χ1) is 15.6. The summed E-state index contributed by atoms with van der Waals surface area (Å²) in [6.45, 7) is 11.6. The average Bonchev–Trinajstić information content (AvgIpc) is 3.15. The number of nitrogens with zero attached hydrogens (tertiary/aromatic N) is 2. The van der Waals surface area contributed by atoms with Gasteiger partial charge in [0, 0.05) is 44.5 Å². The molecule has 2 heterocycles. The van der Waals surface area contributed by atoms with Crippen LogP contribution in [0, 0.1) is 0 Å². The number of amides is 1. The minimum atomic E-state index is -0.0261. The van der Waals surface area contributed by atoms with Crippen LogP contribution in [0.1, 0.15) is 46.3 Å². The fraction of sp³-hybridized carbons (Fsp3) is 0.321. The summed E-state index contributed by atoms with van der Waals surface area (Å²) >= 11 is 0. The Balaban J connectivity index is 1.46. The molecular weight excluding hydrogens is 394 g/mol. The number of benzene rings is 2. The summed E-state index contributed by atoms with van der Waals surface area (Å²) in [5, 5.41) is 3.15. The highest BCUT2D eigenvalue weighted by Crippen LogP contribution is 2.32. The molecule has 0 bridgehead atoms. The molecule has 1 unspecified atom stereocenters. The summed E-state index contributed by atoms with van der Waals surface area (Å²) < 4.78 is 0. The Morgan fingerprint density at radius 1 is 1.22 bits per heavy atom. The normalized spacial score (nSPS) is 17.0. The lowest BCUT2D eigenvalue weighted by atomic mass is 9.96. The van der Waals surface area contributed by atoms with E-state index in [0.717, 1.165) is 55.7 Å². The Morgan fingerprint density at radius 2 is 2.03 bits per heavy atom. The fourth-order valence-electron chi connectivity index (χ4n) is 4.71. The molecule has 1 N–H and O–H groups in total. The van der Waals surface area contributed by atoms with Crippen LogP contribution >= 0.6 is 0 Å². The van der Waals surface area contributed by atoms with Gasteiger partial charge in [-0.05, 0) is 53.7 Å². The van der Waals surface area contributed by atoms with Crippen molar-refractivity contribution in [3.05, 3.63) is 102 Å². The molecule has 1 atom stereocenters. The predicted octanol–water partition coefficient (Wildman–Crippen LogP) is 5.00. The number of carbonyl (C=O) groups excluding carboxylic acids is 1. The first-order valence-electron chi connectivity index (χ1n) is 11.5. The van der Waals surface area contributed by atoms with Gasteiger partial charge in [-0.1, -0.05) is 55.1 Å². The van der Waals surface area contributed by atoms with Gasteiger partial charge >= 0.3 is 0 Å². The van der Waals surface area contributed by atoms with Gasteiger partial charge < -0.3 is 10.2 Å². The first kappa shape index (κ1) is 22.1. The number of likely N-dealkylation sites (N-methyl/N-ethyl adjacent to an activating group) is 1. The number of carbonyl (C=O) groups is 1. The maximum absolute atomic E-state index is 13.1. The second-order valence-corrected chi connectivity index (χ2v) is 8.66. The zero-order valence-corrected chi connectivity index (χ0v) is 19.0. The van der Waals surface area contributed by atoms with E-state index in [0.29, 0.717) is 6.54 Å². The Morgan fingerprint density at radius 3 is 2.72 bits per heavy atom. The average molecular weight is 428 g/mol. The highest BCUT2D eigenvalue weighted by atomic mass is 16.2. The molecule has 32 heavy (non-hydrogen) atoms. The quantitative estimate of drug-likeness (QED) is 0.572. The fourth-order valence-corrected chi connectivity index (χ4v) is 4.71. The third-order valence-electron chi connectivity index (χ3n) is 6.59. The standard InChI is InChI=1S/C28H33N3O/c1-4-5-11-27(21(2)29-3)31-20-25-18-24(12-13-26(25)28(31)32)23-14-16-30(17-15-23)19-22-9-7-6-8-10-22/h4,6-10,12-14,18,27,29H,1-2,5,11,15-17,19-20H2,3H3. The molecule has 0 spiro atoms. The van der Waals surface area contributed by atoms with Gasteiger partial charge in [-0.2, -0.15) is 0 Å². The minimum Gasteiger partial charge on any atom is -0.390 e.